The lowest BCUT2D eigenvalue weighted by molar-refractivity contribution is -0.386. The maximum atomic E-state index is 11.3. The maximum absolute atomic E-state index is 11.3. The molecule has 1 rings (SSSR count). The van der Waals surface area contributed by atoms with Gasteiger partial charge in [-0.1, -0.05) is 0 Å². The van der Waals surface area contributed by atoms with Crippen LogP contribution >= 0.6 is 15.9 Å². The van der Waals surface area contributed by atoms with E-state index in [9.17, 15) is 14.9 Å². The van der Waals surface area contributed by atoms with Crippen molar-refractivity contribution in [3.8, 4) is 0 Å². The molecule has 0 aliphatic carbocycles. The number of anilines is 1. The van der Waals surface area contributed by atoms with Gasteiger partial charge in [-0.25, -0.2) is 0 Å². The molecule has 0 fully saturated rings. The van der Waals surface area contributed by atoms with E-state index in [1.165, 1.54) is 12.1 Å². The maximum Gasteiger partial charge on any atom is 0.310 e. The Balaban J connectivity index is 3.12. The van der Waals surface area contributed by atoms with Gasteiger partial charge in [-0.3, -0.25) is 14.9 Å². The van der Waals surface area contributed by atoms with E-state index in [2.05, 4.69) is 15.9 Å². The molecule has 0 aromatic heterocycles. The summed E-state index contributed by atoms with van der Waals surface area (Å²) >= 11 is 3.05. The van der Waals surface area contributed by atoms with E-state index in [-0.39, 0.29) is 28.8 Å². The normalized spacial score (nSPS) is 10.0. The molecule has 0 spiro atoms. The summed E-state index contributed by atoms with van der Waals surface area (Å²) in [6.45, 7) is 1.90. The summed E-state index contributed by atoms with van der Waals surface area (Å²) in [6.07, 6.45) is -0.173. The molecule has 1 aromatic rings. The Bertz CT molecular complexity index is 462. The number of carbonyl (C=O) groups is 1. The first-order valence-corrected chi connectivity index (χ1v) is 5.63. The Morgan fingerprint density at radius 3 is 2.76 bits per heavy atom. The Hall–Kier alpha value is -1.63. The number of hydrogen-bond acceptors (Lipinski definition) is 5. The van der Waals surface area contributed by atoms with Crippen molar-refractivity contribution < 1.29 is 14.5 Å². The van der Waals surface area contributed by atoms with Crippen LogP contribution < -0.4 is 5.73 Å². The topological polar surface area (TPSA) is 95.5 Å². The highest BCUT2D eigenvalue weighted by atomic mass is 79.9. The fourth-order valence-corrected chi connectivity index (χ4v) is 2.05. The van der Waals surface area contributed by atoms with Crippen LogP contribution in [0.2, 0.25) is 0 Å². The first-order valence-electron chi connectivity index (χ1n) is 4.83. The average molecular weight is 303 g/mol. The highest BCUT2D eigenvalue weighted by Crippen LogP contribution is 2.31. The molecule has 0 radical (unpaired) electrons. The molecule has 17 heavy (non-hydrogen) atoms. The second-order valence-electron chi connectivity index (χ2n) is 3.25. The molecule has 0 unspecified atom stereocenters. The number of rotatable bonds is 4. The van der Waals surface area contributed by atoms with Gasteiger partial charge in [0.15, 0.2) is 0 Å². The van der Waals surface area contributed by atoms with Crippen LogP contribution in [0.15, 0.2) is 16.6 Å². The zero-order valence-electron chi connectivity index (χ0n) is 9.10. The molecule has 0 aliphatic heterocycles. The lowest BCUT2D eigenvalue weighted by atomic mass is 10.1. The van der Waals surface area contributed by atoms with Gasteiger partial charge in [0.1, 0.15) is 0 Å². The van der Waals surface area contributed by atoms with E-state index < -0.39 is 10.9 Å². The number of nitrogen functional groups attached to an aromatic ring is 1. The van der Waals surface area contributed by atoms with Gasteiger partial charge >= 0.3 is 5.97 Å². The van der Waals surface area contributed by atoms with Gasteiger partial charge in [0.25, 0.3) is 5.69 Å². The Labute approximate surface area is 106 Å². The minimum absolute atomic E-state index is 0.160. The second-order valence-corrected chi connectivity index (χ2v) is 4.10. The molecule has 0 atom stereocenters. The quantitative estimate of drug-likeness (QED) is 0.397. The summed E-state index contributed by atoms with van der Waals surface area (Å²) in [5.41, 5.74) is 6.00. The van der Waals surface area contributed by atoms with Crippen LogP contribution in [0.25, 0.3) is 0 Å². The van der Waals surface area contributed by atoms with Gasteiger partial charge in [0, 0.05) is 11.3 Å². The third-order valence-corrected chi connectivity index (χ3v) is 2.59. The molecule has 0 amide bonds. The SMILES string of the molecule is CCOC(=O)Cc1cc(N)cc(Br)c1[N+](=O)[O-]. The molecule has 1 aromatic carbocycles. The first-order chi connectivity index (χ1) is 7.95. The molecule has 0 heterocycles. The van der Waals surface area contributed by atoms with Gasteiger partial charge < -0.3 is 10.5 Å². The molecule has 0 saturated heterocycles. The zero-order chi connectivity index (χ0) is 13.0. The summed E-state index contributed by atoms with van der Waals surface area (Å²) in [5, 5.41) is 10.9. The number of benzene rings is 1. The van der Waals surface area contributed by atoms with Crippen LogP contribution in [-0.4, -0.2) is 17.5 Å². The minimum atomic E-state index is -0.557. The fraction of sp³-hybridized carbons (Fsp3) is 0.300. The van der Waals surface area contributed by atoms with Crippen molar-refractivity contribution >= 4 is 33.3 Å². The van der Waals surface area contributed by atoms with Crippen LogP contribution in [0.3, 0.4) is 0 Å². The smallest absolute Gasteiger partial charge is 0.310 e. The van der Waals surface area contributed by atoms with Crippen LogP contribution in [0, 0.1) is 10.1 Å². The third kappa shape index (κ3) is 3.42. The number of hydrogen-bond donors (Lipinski definition) is 1. The van der Waals surface area contributed by atoms with Gasteiger partial charge in [0.05, 0.1) is 22.4 Å². The number of nitro benzene ring substituents is 1. The van der Waals surface area contributed by atoms with Crippen molar-refractivity contribution in [2.45, 2.75) is 13.3 Å². The van der Waals surface area contributed by atoms with Crippen molar-refractivity contribution in [2.24, 2.45) is 0 Å². The number of nitrogens with zero attached hydrogens (tertiary/aromatic N) is 1. The van der Waals surface area contributed by atoms with Gasteiger partial charge in [-0.05, 0) is 35.0 Å². The molecular formula is C10H11BrN2O4. The van der Waals surface area contributed by atoms with Crippen molar-refractivity contribution in [3.63, 3.8) is 0 Å². The predicted octanol–water partition coefficient (Wildman–Crippen LogP) is 2.05. The van der Waals surface area contributed by atoms with Gasteiger partial charge in [-0.15, -0.1) is 0 Å². The molecule has 0 bridgehead atoms. The van der Waals surface area contributed by atoms with Crippen molar-refractivity contribution in [2.75, 3.05) is 12.3 Å². The van der Waals surface area contributed by atoms with Crippen LogP contribution in [-0.2, 0) is 16.0 Å². The average Bonchev–Trinajstić information content (AvgIpc) is 2.15. The van der Waals surface area contributed by atoms with E-state index in [0.29, 0.717) is 5.69 Å². The predicted molar refractivity (Wildman–Crippen MR) is 65.5 cm³/mol. The number of ether oxygens (including phenoxy) is 1. The molecular weight excluding hydrogens is 292 g/mol. The fourth-order valence-electron chi connectivity index (χ4n) is 1.39. The van der Waals surface area contributed by atoms with Crippen LogP contribution in [0.5, 0.6) is 0 Å². The summed E-state index contributed by atoms with van der Waals surface area (Å²) in [5.74, 6) is -0.520. The Morgan fingerprint density at radius 2 is 2.24 bits per heavy atom. The monoisotopic (exact) mass is 302 g/mol. The largest absolute Gasteiger partial charge is 0.466 e. The molecule has 0 saturated carbocycles. The van der Waals surface area contributed by atoms with E-state index >= 15 is 0 Å². The number of halogens is 1. The summed E-state index contributed by atoms with van der Waals surface area (Å²) in [7, 11) is 0. The van der Waals surface area contributed by atoms with E-state index in [1.54, 1.807) is 6.92 Å². The Kier molecular flexibility index (Phi) is 4.45. The van der Waals surface area contributed by atoms with Crippen LogP contribution in [0.4, 0.5) is 11.4 Å². The van der Waals surface area contributed by atoms with Crippen molar-refractivity contribution in [1.29, 1.82) is 0 Å². The lowest BCUT2D eigenvalue weighted by Gasteiger charge is -2.06. The molecule has 0 aliphatic rings. The minimum Gasteiger partial charge on any atom is -0.466 e. The first kappa shape index (κ1) is 13.4. The highest BCUT2D eigenvalue weighted by Gasteiger charge is 2.21. The number of esters is 1. The summed E-state index contributed by atoms with van der Waals surface area (Å²) in [6, 6.07) is 2.83. The number of nitro groups is 1. The molecule has 7 heteroatoms. The lowest BCUT2D eigenvalue weighted by Crippen LogP contribution is -2.10. The van der Waals surface area contributed by atoms with Gasteiger partial charge in [-0.2, -0.15) is 0 Å². The van der Waals surface area contributed by atoms with Crippen LogP contribution in [0.1, 0.15) is 12.5 Å². The number of carbonyl (C=O) groups excluding carboxylic acids is 1. The number of nitrogens with two attached hydrogens (primary N) is 1. The summed E-state index contributed by atoms with van der Waals surface area (Å²) in [4.78, 5) is 21.6. The molecule has 6 nitrogen and oxygen atoms in total. The Morgan fingerprint density at radius 1 is 1.59 bits per heavy atom. The standard InChI is InChI=1S/C10H11BrN2O4/c1-2-17-9(14)4-6-3-7(12)5-8(11)10(6)13(15)16/h3,5H,2,4,12H2,1H3. The van der Waals surface area contributed by atoms with Crippen molar-refractivity contribution in [3.05, 3.63) is 32.3 Å². The second kappa shape index (κ2) is 5.62. The summed E-state index contributed by atoms with van der Waals surface area (Å²) < 4.78 is 4.99. The zero-order valence-corrected chi connectivity index (χ0v) is 10.7. The molecule has 92 valence electrons. The van der Waals surface area contributed by atoms with Crippen molar-refractivity contribution in [1.82, 2.24) is 0 Å². The highest BCUT2D eigenvalue weighted by molar-refractivity contribution is 9.10. The van der Waals surface area contributed by atoms with E-state index in [4.69, 9.17) is 10.5 Å². The van der Waals surface area contributed by atoms with Gasteiger partial charge in [0.2, 0.25) is 0 Å². The molecule has 2 N–H and O–H groups in total. The van der Waals surface area contributed by atoms with E-state index in [0.717, 1.165) is 0 Å². The van der Waals surface area contributed by atoms with E-state index in [1.807, 2.05) is 0 Å². The third-order valence-electron chi connectivity index (χ3n) is 1.99.